The Labute approximate surface area is 124 Å². The van der Waals surface area contributed by atoms with Gasteiger partial charge in [0.2, 0.25) is 0 Å². The highest BCUT2D eigenvalue weighted by Crippen LogP contribution is 2.24. The number of carboxylic acid groups (broad SMARTS) is 1. The van der Waals surface area contributed by atoms with E-state index in [0.29, 0.717) is 0 Å². The Kier molecular flexibility index (Phi) is 4.47. The van der Waals surface area contributed by atoms with Crippen LogP contribution in [0.2, 0.25) is 0 Å². The van der Waals surface area contributed by atoms with E-state index in [9.17, 15) is 19.7 Å². The lowest BCUT2D eigenvalue weighted by Crippen LogP contribution is -2.12. The second-order valence-electron chi connectivity index (χ2n) is 4.38. The van der Waals surface area contributed by atoms with Crippen LogP contribution in [0.3, 0.4) is 0 Å². The third-order valence-corrected chi connectivity index (χ3v) is 2.82. The number of rotatable bonds is 5. The Balaban J connectivity index is 2.16. The van der Waals surface area contributed by atoms with Crippen LogP contribution in [0.15, 0.2) is 48.5 Å². The van der Waals surface area contributed by atoms with Crippen molar-refractivity contribution in [1.29, 1.82) is 0 Å². The van der Waals surface area contributed by atoms with Gasteiger partial charge in [0, 0.05) is 12.1 Å². The maximum Gasteiger partial charge on any atom is 0.342 e. The summed E-state index contributed by atoms with van der Waals surface area (Å²) in [5.74, 6) is -2.10. The van der Waals surface area contributed by atoms with Crippen LogP contribution in [-0.4, -0.2) is 22.0 Å². The molecule has 0 spiro atoms. The van der Waals surface area contributed by atoms with Crippen LogP contribution in [0.5, 0.6) is 5.75 Å². The van der Waals surface area contributed by atoms with E-state index in [1.807, 2.05) is 6.07 Å². The summed E-state index contributed by atoms with van der Waals surface area (Å²) in [6.45, 7) is 0. The Morgan fingerprint density at radius 1 is 1.14 bits per heavy atom. The van der Waals surface area contributed by atoms with Crippen molar-refractivity contribution < 1.29 is 24.4 Å². The molecule has 1 N–H and O–H groups in total. The number of carbonyl (C=O) groups excluding carboxylic acids is 1. The molecule has 0 aliphatic heterocycles. The number of ether oxygens (including phenoxy) is 1. The molecule has 7 nitrogen and oxygen atoms in total. The Morgan fingerprint density at radius 2 is 1.82 bits per heavy atom. The van der Waals surface area contributed by atoms with Crippen molar-refractivity contribution in [2.45, 2.75) is 6.42 Å². The van der Waals surface area contributed by atoms with Crippen molar-refractivity contribution in [3.8, 4) is 5.75 Å². The van der Waals surface area contributed by atoms with Gasteiger partial charge in [-0.3, -0.25) is 14.9 Å². The van der Waals surface area contributed by atoms with Crippen LogP contribution in [0.1, 0.15) is 15.9 Å². The average Bonchev–Trinajstić information content (AvgIpc) is 2.47. The first-order valence-corrected chi connectivity index (χ1v) is 6.23. The van der Waals surface area contributed by atoms with E-state index in [1.165, 1.54) is 6.07 Å². The molecule has 0 fully saturated rings. The van der Waals surface area contributed by atoms with E-state index in [-0.39, 0.29) is 12.2 Å². The van der Waals surface area contributed by atoms with E-state index in [2.05, 4.69) is 0 Å². The average molecular weight is 301 g/mol. The van der Waals surface area contributed by atoms with Gasteiger partial charge in [-0.15, -0.1) is 0 Å². The van der Waals surface area contributed by atoms with Crippen molar-refractivity contribution in [2.75, 3.05) is 0 Å². The molecule has 22 heavy (non-hydrogen) atoms. The summed E-state index contributed by atoms with van der Waals surface area (Å²) in [5, 5.41) is 19.7. The second-order valence-corrected chi connectivity index (χ2v) is 4.38. The standard InChI is InChI=1S/C15H11NO6/c17-14(8-10-4-2-1-3-5-10)22-11-6-7-13(16(20)21)12(9-11)15(18)19/h1-7,9H,8H2,(H,18,19). The summed E-state index contributed by atoms with van der Waals surface area (Å²) in [5.41, 5.74) is -0.349. The molecule has 0 unspecified atom stereocenters. The van der Waals surface area contributed by atoms with Gasteiger partial charge in [-0.25, -0.2) is 4.79 Å². The number of aromatic carboxylic acids is 1. The minimum Gasteiger partial charge on any atom is -0.477 e. The molecular formula is C15H11NO6. The number of esters is 1. The number of nitro benzene ring substituents is 1. The lowest BCUT2D eigenvalue weighted by atomic mass is 10.1. The minimum atomic E-state index is -1.47. The molecule has 0 aliphatic rings. The fourth-order valence-electron chi connectivity index (χ4n) is 1.84. The number of nitrogens with zero attached hydrogens (tertiary/aromatic N) is 1. The maximum absolute atomic E-state index is 11.8. The molecule has 0 heterocycles. The van der Waals surface area contributed by atoms with Crippen LogP contribution in [0, 0.1) is 10.1 Å². The molecule has 0 amide bonds. The minimum absolute atomic E-state index is 0.0141. The predicted octanol–water partition coefficient (Wildman–Crippen LogP) is 2.44. The number of hydrogen-bond donors (Lipinski definition) is 1. The molecule has 0 saturated carbocycles. The molecule has 2 aromatic rings. The third kappa shape index (κ3) is 3.66. The Hall–Kier alpha value is -3.22. The molecule has 0 aromatic heterocycles. The second kappa shape index (κ2) is 6.49. The van der Waals surface area contributed by atoms with Crippen LogP contribution in [0.25, 0.3) is 0 Å². The van der Waals surface area contributed by atoms with Gasteiger partial charge < -0.3 is 9.84 Å². The molecule has 7 heteroatoms. The number of hydrogen-bond acceptors (Lipinski definition) is 5. The molecule has 0 atom stereocenters. The smallest absolute Gasteiger partial charge is 0.342 e. The maximum atomic E-state index is 11.8. The zero-order chi connectivity index (χ0) is 16.1. The topological polar surface area (TPSA) is 107 Å². The van der Waals surface area contributed by atoms with Gasteiger partial charge in [-0.2, -0.15) is 0 Å². The van der Waals surface area contributed by atoms with Gasteiger partial charge in [0.15, 0.2) is 0 Å². The summed E-state index contributed by atoms with van der Waals surface area (Å²) in [6, 6.07) is 12.0. The summed E-state index contributed by atoms with van der Waals surface area (Å²) in [6.07, 6.45) is 0.0141. The summed E-state index contributed by atoms with van der Waals surface area (Å²) < 4.78 is 5.02. The lowest BCUT2D eigenvalue weighted by Gasteiger charge is -2.06. The molecule has 2 rings (SSSR count). The van der Waals surface area contributed by atoms with Crippen LogP contribution in [-0.2, 0) is 11.2 Å². The number of benzene rings is 2. The predicted molar refractivity (Wildman–Crippen MR) is 75.8 cm³/mol. The normalized spacial score (nSPS) is 10.0. The molecule has 112 valence electrons. The summed E-state index contributed by atoms with van der Waals surface area (Å²) in [4.78, 5) is 32.7. The first-order chi connectivity index (χ1) is 10.5. The summed E-state index contributed by atoms with van der Waals surface area (Å²) in [7, 11) is 0. The fourth-order valence-corrected chi connectivity index (χ4v) is 1.84. The third-order valence-electron chi connectivity index (χ3n) is 2.82. The monoisotopic (exact) mass is 301 g/mol. The highest BCUT2D eigenvalue weighted by Gasteiger charge is 2.21. The zero-order valence-corrected chi connectivity index (χ0v) is 11.3. The van der Waals surface area contributed by atoms with E-state index in [1.54, 1.807) is 24.3 Å². The van der Waals surface area contributed by atoms with Crippen LogP contribution in [0.4, 0.5) is 5.69 Å². The number of nitro groups is 1. The largest absolute Gasteiger partial charge is 0.477 e. The Bertz CT molecular complexity index is 726. The van der Waals surface area contributed by atoms with Gasteiger partial charge in [0.25, 0.3) is 5.69 Å². The van der Waals surface area contributed by atoms with Crippen LogP contribution >= 0.6 is 0 Å². The number of carbonyl (C=O) groups is 2. The zero-order valence-electron chi connectivity index (χ0n) is 11.3. The van der Waals surface area contributed by atoms with Crippen LogP contribution < -0.4 is 4.74 Å². The van der Waals surface area contributed by atoms with Gasteiger partial charge in [0.1, 0.15) is 11.3 Å². The number of carboxylic acids is 1. The van der Waals surface area contributed by atoms with Crippen molar-refractivity contribution in [2.24, 2.45) is 0 Å². The molecule has 2 aromatic carbocycles. The van der Waals surface area contributed by atoms with E-state index in [0.717, 1.165) is 17.7 Å². The lowest BCUT2D eigenvalue weighted by molar-refractivity contribution is -0.385. The highest BCUT2D eigenvalue weighted by molar-refractivity contribution is 5.93. The van der Waals surface area contributed by atoms with E-state index in [4.69, 9.17) is 9.84 Å². The first kappa shape index (κ1) is 15.2. The van der Waals surface area contributed by atoms with Crippen molar-refractivity contribution >= 4 is 17.6 Å². The molecule has 0 saturated heterocycles. The van der Waals surface area contributed by atoms with Gasteiger partial charge in [-0.05, 0) is 11.6 Å². The van der Waals surface area contributed by atoms with E-state index < -0.39 is 28.1 Å². The molecule has 0 radical (unpaired) electrons. The van der Waals surface area contributed by atoms with Crippen molar-refractivity contribution in [1.82, 2.24) is 0 Å². The fraction of sp³-hybridized carbons (Fsp3) is 0.0667. The molecule has 0 aliphatic carbocycles. The molecule has 0 bridgehead atoms. The molecular weight excluding hydrogens is 290 g/mol. The highest BCUT2D eigenvalue weighted by atomic mass is 16.6. The van der Waals surface area contributed by atoms with Gasteiger partial charge >= 0.3 is 11.9 Å². The first-order valence-electron chi connectivity index (χ1n) is 6.23. The summed E-state index contributed by atoms with van der Waals surface area (Å²) >= 11 is 0. The van der Waals surface area contributed by atoms with Crippen molar-refractivity contribution in [3.63, 3.8) is 0 Å². The Morgan fingerprint density at radius 3 is 2.41 bits per heavy atom. The van der Waals surface area contributed by atoms with Crippen molar-refractivity contribution in [3.05, 3.63) is 69.8 Å². The van der Waals surface area contributed by atoms with Gasteiger partial charge in [0.05, 0.1) is 11.3 Å². The quantitative estimate of drug-likeness (QED) is 0.393. The SMILES string of the molecule is O=C(Cc1ccccc1)Oc1ccc([N+](=O)[O-])c(C(=O)O)c1. The van der Waals surface area contributed by atoms with E-state index >= 15 is 0 Å². The van der Waals surface area contributed by atoms with Gasteiger partial charge in [-0.1, -0.05) is 30.3 Å².